The molecule has 0 atom stereocenters. The summed E-state index contributed by atoms with van der Waals surface area (Å²) in [5.74, 6) is 0. The molecule has 43 valence electrons. The van der Waals surface area contributed by atoms with Crippen molar-refractivity contribution < 1.29 is 0 Å². The molecule has 0 heterocycles. The van der Waals surface area contributed by atoms with E-state index in [-0.39, 0.29) is 0 Å². The van der Waals surface area contributed by atoms with Crippen LogP contribution in [0.5, 0.6) is 0 Å². The molecule has 0 rings (SSSR count). The van der Waals surface area contributed by atoms with Crippen LogP contribution in [0.3, 0.4) is 0 Å². The van der Waals surface area contributed by atoms with Crippen LogP contribution in [0.15, 0.2) is 0 Å². The Balaban J connectivity index is 2.45. The topological polar surface area (TPSA) is 26.0 Å². The first-order valence-electron chi connectivity index (χ1n) is 2.93. The van der Waals surface area contributed by atoms with Gasteiger partial charge in [0.1, 0.15) is 0 Å². The number of unbranched alkanes of at least 4 members (excludes halogenated alkanes) is 3. The summed E-state index contributed by atoms with van der Waals surface area (Å²) in [6, 6.07) is 0. The molecule has 0 fully saturated rings. The Morgan fingerprint density at radius 1 is 1.57 bits per heavy atom. The summed E-state index contributed by atoms with van der Waals surface area (Å²) >= 11 is 0. The zero-order valence-corrected chi connectivity index (χ0v) is 4.98. The highest BCUT2D eigenvalue weighted by Gasteiger charge is 1.80. The van der Waals surface area contributed by atoms with Crippen LogP contribution >= 0.6 is 0 Å². The molecule has 0 aromatic heterocycles. The third kappa shape index (κ3) is 5.96. The molecule has 0 aliphatic rings. The van der Waals surface area contributed by atoms with Crippen LogP contribution in [-0.2, 0) is 0 Å². The molecule has 0 aromatic carbocycles. The van der Waals surface area contributed by atoms with E-state index in [1.165, 1.54) is 19.3 Å². The number of hydrogen-bond acceptors (Lipinski definition) is 1. The van der Waals surface area contributed by atoms with Crippen LogP contribution in [0.2, 0.25) is 0 Å². The second kappa shape index (κ2) is 5.96. The average Bonchev–Trinajstić information content (AvgIpc) is 1.69. The molecule has 0 saturated heterocycles. The first kappa shape index (κ1) is 6.96. The molecule has 0 aromatic rings. The minimum absolute atomic E-state index is 0.736. The van der Waals surface area contributed by atoms with E-state index in [1.807, 2.05) is 0 Å². The molecule has 1 nitrogen and oxygen atoms in total. The number of rotatable bonds is 4. The molecule has 1 heteroatoms. The lowest BCUT2D eigenvalue weighted by atomic mass is 10.2. The number of hydrogen-bond donors (Lipinski definition) is 1. The van der Waals surface area contributed by atoms with Crippen molar-refractivity contribution in [3.63, 3.8) is 0 Å². The van der Waals surface area contributed by atoms with Gasteiger partial charge in [-0.15, -0.1) is 0 Å². The number of nitrogens with two attached hydrogens (primary N) is 1. The zero-order valence-electron chi connectivity index (χ0n) is 4.98. The average molecular weight is 100 g/mol. The normalized spacial score (nSPS) is 9.43. The van der Waals surface area contributed by atoms with Gasteiger partial charge in [-0.2, -0.15) is 0 Å². The van der Waals surface area contributed by atoms with Crippen molar-refractivity contribution >= 4 is 0 Å². The van der Waals surface area contributed by atoms with Gasteiger partial charge in [-0.25, -0.2) is 0 Å². The Kier molecular flexibility index (Phi) is 5.93. The molecule has 0 aliphatic carbocycles. The quantitative estimate of drug-likeness (QED) is 0.530. The highest BCUT2D eigenvalue weighted by Crippen LogP contribution is 1.94. The Morgan fingerprint density at radius 2 is 2.29 bits per heavy atom. The summed E-state index contributed by atoms with van der Waals surface area (Å²) in [5, 5.41) is 0. The van der Waals surface area contributed by atoms with Crippen LogP contribution in [0, 0.1) is 6.42 Å². The predicted octanol–water partition coefficient (Wildman–Crippen LogP) is 1.34. The molecule has 0 unspecified atom stereocenters. The Morgan fingerprint density at radius 3 is 2.71 bits per heavy atom. The van der Waals surface area contributed by atoms with E-state index in [2.05, 4.69) is 13.3 Å². The molecule has 0 aliphatic heterocycles. The zero-order chi connectivity index (χ0) is 5.54. The van der Waals surface area contributed by atoms with Gasteiger partial charge in [0.2, 0.25) is 0 Å². The van der Waals surface area contributed by atoms with Crippen LogP contribution < -0.4 is 5.73 Å². The van der Waals surface area contributed by atoms with Crippen LogP contribution in [0.25, 0.3) is 0 Å². The van der Waals surface area contributed by atoms with Gasteiger partial charge >= 0.3 is 0 Å². The van der Waals surface area contributed by atoms with Crippen LogP contribution in [0.4, 0.5) is 0 Å². The van der Waals surface area contributed by atoms with Gasteiger partial charge in [-0.3, -0.25) is 0 Å². The van der Waals surface area contributed by atoms with Crippen molar-refractivity contribution in [1.82, 2.24) is 0 Å². The maximum atomic E-state index is 5.21. The van der Waals surface area contributed by atoms with E-state index in [0.717, 1.165) is 6.54 Å². The first-order valence-corrected chi connectivity index (χ1v) is 2.93. The van der Waals surface area contributed by atoms with Crippen molar-refractivity contribution in [2.45, 2.75) is 26.2 Å². The lowest BCUT2D eigenvalue weighted by Crippen LogP contribution is -1.98. The summed E-state index contributed by atoms with van der Waals surface area (Å²) in [6.45, 7) is 2.92. The second-order valence-electron chi connectivity index (χ2n) is 1.67. The molecule has 7 heavy (non-hydrogen) atoms. The molecule has 0 bridgehead atoms. The second-order valence-corrected chi connectivity index (χ2v) is 1.67. The van der Waals surface area contributed by atoms with Crippen molar-refractivity contribution in [3.05, 3.63) is 6.42 Å². The van der Waals surface area contributed by atoms with E-state index in [4.69, 9.17) is 5.73 Å². The van der Waals surface area contributed by atoms with Crippen molar-refractivity contribution in [1.29, 1.82) is 0 Å². The van der Waals surface area contributed by atoms with E-state index in [9.17, 15) is 0 Å². The SMILES string of the molecule is CCCC[CH]CN. The minimum atomic E-state index is 0.736. The molecule has 0 amide bonds. The van der Waals surface area contributed by atoms with Gasteiger partial charge in [0.25, 0.3) is 0 Å². The Hall–Kier alpha value is -0.0400. The van der Waals surface area contributed by atoms with E-state index in [1.54, 1.807) is 0 Å². The predicted molar refractivity (Wildman–Crippen MR) is 32.9 cm³/mol. The van der Waals surface area contributed by atoms with Crippen molar-refractivity contribution in [2.24, 2.45) is 5.73 Å². The van der Waals surface area contributed by atoms with Crippen LogP contribution in [0.1, 0.15) is 26.2 Å². The largest absolute Gasteiger partial charge is 0.330 e. The maximum Gasteiger partial charge on any atom is -0.00457 e. The third-order valence-electron chi connectivity index (χ3n) is 0.928. The molecule has 0 saturated carbocycles. The van der Waals surface area contributed by atoms with Gasteiger partial charge in [0, 0.05) is 0 Å². The fourth-order valence-corrected chi connectivity index (χ4v) is 0.466. The summed E-state index contributed by atoms with van der Waals surface area (Å²) in [4.78, 5) is 0. The third-order valence-corrected chi connectivity index (χ3v) is 0.928. The summed E-state index contributed by atoms with van der Waals surface area (Å²) in [5.41, 5.74) is 5.21. The maximum absolute atomic E-state index is 5.21. The monoisotopic (exact) mass is 100 g/mol. The first-order chi connectivity index (χ1) is 3.41. The van der Waals surface area contributed by atoms with Crippen molar-refractivity contribution in [3.8, 4) is 0 Å². The molecule has 0 spiro atoms. The standard InChI is InChI=1S/C6H14N/c1-2-3-4-5-6-7/h5H,2-4,6-7H2,1H3. The molecular formula is C6H14N. The molecule has 1 radical (unpaired) electrons. The smallest absolute Gasteiger partial charge is 0.00457 e. The van der Waals surface area contributed by atoms with Gasteiger partial charge in [-0.1, -0.05) is 19.8 Å². The highest BCUT2D eigenvalue weighted by molar-refractivity contribution is 4.62. The summed E-state index contributed by atoms with van der Waals surface area (Å²) in [6.07, 6.45) is 5.87. The molecule has 2 N–H and O–H groups in total. The van der Waals surface area contributed by atoms with E-state index < -0.39 is 0 Å². The molecular weight excluding hydrogens is 86.1 g/mol. The van der Waals surface area contributed by atoms with Crippen molar-refractivity contribution in [2.75, 3.05) is 6.54 Å². The van der Waals surface area contributed by atoms with Crippen LogP contribution in [-0.4, -0.2) is 6.54 Å². The van der Waals surface area contributed by atoms with E-state index >= 15 is 0 Å². The lowest BCUT2D eigenvalue weighted by Gasteiger charge is -1.90. The fraction of sp³-hybridized carbons (Fsp3) is 0.833. The minimum Gasteiger partial charge on any atom is -0.330 e. The van der Waals surface area contributed by atoms with Gasteiger partial charge < -0.3 is 5.73 Å². The van der Waals surface area contributed by atoms with Gasteiger partial charge in [0.05, 0.1) is 0 Å². The summed E-state index contributed by atoms with van der Waals surface area (Å²) in [7, 11) is 0. The van der Waals surface area contributed by atoms with Gasteiger partial charge in [0.15, 0.2) is 0 Å². The van der Waals surface area contributed by atoms with E-state index in [0.29, 0.717) is 0 Å². The lowest BCUT2D eigenvalue weighted by molar-refractivity contribution is 0.770. The highest BCUT2D eigenvalue weighted by atomic mass is 14.5. The fourth-order valence-electron chi connectivity index (χ4n) is 0.466. The summed E-state index contributed by atoms with van der Waals surface area (Å²) < 4.78 is 0. The Bertz CT molecular complexity index is 23.4. The van der Waals surface area contributed by atoms with Gasteiger partial charge in [-0.05, 0) is 19.4 Å². The Labute approximate surface area is 45.9 Å².